The Hall–Kier alpha value is -2.19. The number of nitrogens with zero attached hydrogens (tertiary/aromatic N) is 1. The predicted molar refractivity (Wildman–Crippen MR) is 96.6 cm³/mol. The molecule has 0 saturated carbocycles. The lowest BCUT2D eigenvalue weighted by Crippen LogP contribution is -2.38. The number of hydrogen-bond acceptors (Lipinski definition) is 4. The highest BCUT2D eigenvalue weighted by Crippen LogP contribution is 2.20. The van der Waals surface area contributed by atoms with Crippen molar-refractivity contribution in [3.8, 4) is 0 Å². The molecule has 1 saturated heterocycles. The van der Waals surface area contributed by atoms with E-state index in [4.69, 9.17) is 0 Å². The van der Waals surface area contributed by atoms with Crippen LogP contribution in [0.1, 0.15) is 18.9 Å². The highest BCUT2D eigenvalue weighted by Gasteiger charge is 2.34. The molecule has 1 fully saturated rings. The van der Waals surface area contributed by atoms with E-state index < -0.39 is 15.3 Å². The predicted octanol–water partition coefficient (Wildman–Crippen LogP) is 0.894. The van der Waals surface area contributed by atoms with Gasteiger partial charge in [0.2, 0.25) is 21.8 Å². The zero-order valence-corrected chi connectivity index (χ0v) is 15.0. The SMILES string of the molecule is C=CC(=O)Nc1ccccc1CC(=O)N1CCC(S(=O)(=O)NCC)C1. The molecule has 7 nitrogen and oxygen atoms in total. The van der Waals surface area contributed by atoms with E-state index in [1.165, 1.54) is 0 Å². The minimum atomic E-state index is -3.39. The standard InChI is InChI=1S/C17H23N3O4S/c1-3-16(21)19-15-8-6-5-7-13(15)11-17(22)20-10-9-14(12-20)25(23,24)18-4-2/h3,5-8,14,18H,1,4,9-12H2,2H3,(H,19,21). The van der Waals surface area contributed by atoms with E-state index in [1.807, 2.05) is 0 Å². The monoisotopic (exact) mass is 365 g/mol. The van der Waals surface area contributed by atoms with Crippen LogP contribution in [-0.2, 0) is 26.0 Å². The third-order valence-electron chi connectivity index (χ3n) is 4.08. The molecule has 1 heterocycles. The average molecular weight is 365 g/mol. The maximum atomic E-state index is 12.5. The summed E-state index contributed by atoms with van der Waals surface area (Å²) >= 11 is 0. The number of sulfonamides is 1. The Kier molecular flexibility index (Phi) is 6.33. The third kappa shape index (κ3) is 4.90. The number of nitrogens with one attached hydrogen (secondary N) is 2. The van der Waals surface area contributed by atoms with E-state index in [0.717, 1.165) is 6.08 Å². The van der Waals surface area contributed by atoms with Gasteiger partial charge in [-0.15, -0.1) is 0 Å². The maximum absolute atomic E-state index is 12.5. The van der Waals surface area contributed by atoms with Crippen molar-refractivity contribution in [2.75, 3.05) is 25.0 Å². The summed E-state index contributed by atoms with van der Waals surface area (Å²) in [6.07, 6.45) is 1.69. The topological polar surface area (TPSA) is 95.6 Å². The highest BCUT2D eigenvalue weighted by atomic mass is 32.2. The number of para-hydroxylation sites is 1. The van der Waals surface area contributed by atoms with Crippen molar-refractivity contribution >= 4 is 27.5 Å². The summed E-state index contributed by atoms with van der Waals surface area (Å²) in [6.45, 7) is 6.07. The molecule has 2 amide bonds. The van der Waals surface area contributed by atoms with Gasteiger partial charge in [0.25, 0.3) is 0 Å². The van der Waals surface area contributed by atoms with Crippen LogP contribution in [-0.4, -0.2) is 50.0 Å². The molecule has 8 heteroatoms. The van der Waals surface area contributed by atoms with Gasteiger partial charge in [-0.05, 0) is 24.1 Å². The summed E-state index contributed by atoms with van der Waals surface area (Å²) in [5, 5.41) is 2.10. The second-order valence-electron chi connectivity index (χ2n) is 5.82. The lowest BCUT2D eigenvalue weighted by molar-refractivity contribution is -0.129. The average Bonchev–Trinajstić information content (AvgIpc) is 3.07. The lowest BCUT2D eigenvalue weighted by atomic mass is 10.1. The molecular formula is C17H23N3O4S. The van der Waals surface area contributed by atoms with E-state index in [-0.39, 0.29) is 24.8 Å². The van der Waals surface area contributed by atoms with Crippen LogP contribution in [0.2, 0.25) is 0 Å². The first-order valence-corrected chi connectivity index (χ1v) is 9.69. The number of amides is 2. The van der Waals surface area contributed by atoms with Gasteiger partial charge in [-0.1, -0.05) is 31.7 Å². The normalized spacial score (nSPS) is 17.3. The van der Waals surface area contributed by atoms with Crippen LogP contribution < -0.4 is 10.0 Å². The number of benzene rings is 1. The first kappa shape index (κ1) is 19.1. The zero-order valence-electron chi connectivity index (χ0n) is 14.2. The Morgan fingerprint density at radius 2 is 2.08 bits per heavy atom. The van der Waals surface area contributed by atoms with Crippen molar-refractivity contribution in [1.29, 1.82) is 0 Å². The fourth-order valence-electron chi connectivity index (χ4n) is 2.78. The maximum Gasteiger partial charge on any atom is 0.247 e. The molecule has 1 aromatic carbocycles. The van der Waals surface area contributed by atoms with E-state index >= 15 is 0 Å². The minimum Gasteiger partial charge on any atom is -0.341 e. The van der Waals surface area contributed by atoms with Crippen LogP contribution in [0, 0.1) is 0 Å². The van der Waals surface area contributed by atoms with Crippen molar-refractivity contribution in [3.63, 3.8) is 0 Å². The Bertz CT molecular complexity index is 761. The molecule has 0 radical (unpaired) electrons. The van der Waals surface area contributed by atoms with E-state index in [0.29, 0.717) is 30.8 Å². The first-order valence-electron chi connectivity index (χ1n) is 8.15. The molecule has 0 bridgehead atoms. The first-order chi connectivity index (χ1) is 11.9. The zero-order chi connectivity index (χ0) is 18.4. The number of anilines is 1. The highest BCUT2D eigenvalue weighted by molar-refractivity contribution is 7.90. The summed E-state index contributed by atoms with van der Waals surface area (Å²) in [6, 6.07) is 7.03. The van der Waals surface area contributed by atoms with E-state index in [2.05, 4.69) is 16.6 Å². The summed E-state index contributed by atoms with van der Waals surface area (Å²) in [7, 11) is -3.39. The number of hydrogen-bond donors (Lipinski definition) is 2. The van der Waals surface area contributed by atoms with Gasteiger partial charge in [0.1, 0.15) is 0 Å². The number of carbonyl (C=O) groups excluding carboxylic acids is 2. The van der Waals surface area contributed by atoms with Crippen molar-refractivity contribution in [2.45, 2.75) is 25.0 Å². The van der Waals surface area contributed by atoms with Gasteiger partial charge in [-0.25, -0.2) is 13.1 Å². The van der Waals surface area contributed by atoms with Gasteiger partial charge >= 0.3 is 0 Å². The van der Waals surface area contributed by atoms with Gasteiger partial charge in [-0.2, -0.15) is 0 Å². The van der Waals surface area contributed by atoms with E-state index in [1.54, 1.807) is 36.1 Å². The van der Waals surface area contributed by atoms with Crippen LogP contribution in [0.4, 0.5) is 5.69 Å². The van der Waals surface area contributed by atoms with Crippen LogP contribution in [0.25, 0.3) is 0 Å². The summed E-state index contributed by atoms with van der Waals surface area (Å²) in [5.41, 5.74) is 1.23. The van der Waals surface area contributed by atoms with Gasteiger partial charge in [-0.3, -0.25) is 9.59 Å². The smallest absolute Gasteiger partial charge is 0.247 e. The largest absolute Gasteiger partial charge is 0.341 e. The number of likely N-dealkylation sites (tertiary alicyclic amines) is 1. The molecule has 1 unspecified atom stereocenters. The second-order valence-corrected chi connectivity index (χ2v) is 7.87. The fourth-order valence-corrected chi connectivity index (χ4v) is 4.21. The molecule has 1 aliphatic heterocycles. The molecule has 2 rings (SSSR count). The fraction of sp³-hybridized carbons (Fsp3) is 0.412. The van der Waals surface area contributed by atoms with Gasteiger partial charge in [0, 0.05) is 25.3 Å². The quantitative estimate of drug-likeness (QED) is 0.702. The Labute approximate surface area is 148 Å². The van der Waals surface area contributed by atoms with Gasteiger partial charge in [0.15, 0.2) is 0 Å². The molecule has 0 spiro atoms. The van der Waals surface area contributed by atoms with Crippen LogP contribution in [0.3, 0.4) is 0 Å². The molecule has 136 valence electrons. The summed E-state index contributed by atoms with van der Waals surface area (Å²) in [4.78, 5) is 25.6. The lowest BCUT2D eigenvalue weighted by Gasteiger charge is -2.18. The summed E-state index contributed by atoms with van der Waals surface area (Å²) in [5.74, 6) is -0.507. The molecule has 0 aromatic heterocycles. The van der Waals surface area contributed by atoms with Gasteiger partial charge < -0.3 is 10.2 Å². The Morgan fingerprint density at radius 1 is 1.36 bits per heavy atom. The molecule has 1 aliphatic rings. The van der Waals surface area contributed by atoms with Crippen molar-refractivity contribution < 1.29 is 18.0 Å². The molecule has 0 aliphatic carbocycles. The molecule has 1 atom stereocenters. The minimum absolute atomic E-state index is 0.0988. The molecule has 1 aromatic rings. The van der Waals surface area contributed by atoms with Crippen LogP contribution in [0.15, 0.2) is 36.9 Å². The number of carbonyl (C=O) groups is 2. The number of rotatable bonds is 7. The summed E-state index contributed by atoms with van der Waals surface area (Å²) < 4.78 is 26.6. The molecule has 2 N–H and O–H groups in total. The van der Waals surface area contributed by atoms with Crippen LogP contribution >= 0.6 is 0 Å². The van der Waals surface area contributed by atoms with Crippen molar-refractivity contribution in [2.24, 2.45) is 0 Å². The van der Waals surface area contributed by atoms with Crippen LogP contribution in [0.5, 0.6) is 0 Å². The van der Waals surface area contributed by atoms with Gasteiger partial charge in [0.05, 0.1) is 11.7 Å². The third-order valence-corrected chi connectivity index (χ3v) is 6.04. The van der Waals surface area contributed by atoms with E-state index in [9.17, 15) is 18.0 Å². The Balaban J connectivity index is 2.04. The van der Waals surface area contributed by atoms with Crippen molar-refractivity contribution in [1.82, 2.24) is 9.62 Å². The second kappa shape index (κ2) is 8.26. The van der Waals surface area contributed by atoms with Crippen molar-refractivity contribution in [3.05, 3.63) is 42.5 Å². The Morgan fingerprint density at radius 3 is 2.76 bits per heavy atom. The molecule has 25 heavy (non-hydrogen) atoms. The molecular weight excluding hydrogens is 342 g/mol.